The number of hydrogen-bond donors (Lipinski definition) is 1. The van der Waals surface area contributed by atoms with E-state index in [0.717, 1.165) is 0 Å². The van der Waals surface area contributed by atoms with Crippen LogP contribution in [0.5, 0.6) is 0 Å². The second kappa shape index (κ2) is 6.55. The first-order chi connectivity index (χ1) is 5.31. The molecule has 0 atom stereocenters. The summed E-state index contributed by atoms with van der Waals surface area (Å²) in [5.41, 5.74) is 0. The molecule has 11 heavy (non-hydrogen) atoms. The summed E-state index contributed by atoms with van der Waals surface area (Å²) < 4.78 is 0. The number of ketones is 1. The number of allylic oxidation sites excluding steroid dienone is 2. The lowest BCUT2D eigenvalue weighted by atomic mass is 10.4. The summed E-state index contributed by atoms with van der Waals surface area (Å²) in [5, 5.41) is 0. The molecule has 1 rings (SSSR count). The molecule has 0 aliphatic rings. The van der Waals surface area contributed by atoms with Crippen molar-refractivity contribution >= 4 is 5.78 Å². The van der Waals surface area contributed by atoms with E-state index in [0.29, 0.717) is 0 Å². The molecule has 2 heteroatoms. The van der Waals surface area contributed by atoms with E-state index in [1.807, 2.05) is 24.5 Å². The van der Waals surface area contributed by atoms with Crippen molar-refractivity contribution in [2.24, 2.45) is 0 Å². The molecule has 2 nitrogen and oxygen atoms in total. The van der Waals surface area contributed by atoms with Crippen LogP contribution in [0.3, 0.4) is 0 Å². The molecule has 1 N–H and O–H groups in total. The Kier molecular flexibility index (Phi) is 5.61. The van der Waals surface area contributed by atoms with Crippen LogP contribution in [0.1, 0.15) is 0 Å². The summed E-state index contributed by atoms with van der Waals surface area (Å²) in [6.07, 6.45) is 6.18. The minimum atomic E-state index is -0.130. The monoisotopic (exact) mass is 149 g/mol. The predicted octanol–water partition coefficient (Wildman–Crippen LogP) is 1.94. The average Bonchev–Trinajstić information content (AvgIpc) is 2.60. The normalized spacial score (nSPS) is 7.27. The van der Waals surface area contributed by atoms with Gasteiger partial charge in [0.1, 0.15) is 0 Å². The fraction of sp³-hybridized carbons (Fsp3) is 0. The van der Waals surface area contributed by atoms with Crippen molar-refractivity contribution in [1.82, 2.24) is 4.98 Å². The molecule has 0 saturated heterocycles. The average molecular weight is 149 g/mol. The quantitative estimate of drug-likeness (QED) is 0.640. The summed E-state index contributed by atoms with van der Waals surface area (Å²) >= 11 is 0. The first-order valence-electron chi connectivity index (χ1n) is 3.18. The molecule has 0 spiro atoms. The number of aromatic nitrogens is 1. The topological polar surface area (TPSA) is 32.9 Å². The van der Waals surface area contributed by atoms with Crippen LogP contribution >= 0.6 is 0 Å². The molecule has 0 amide bonds. The van der Waals surface area contributed by atoms with Gasteiger partial charge in [-0.2, -0.15) is 0 Å². The zero-order valence-electron chi connectivity index (χ0n) is 6.29. The number of rotatable bonds is 2. The molecule has 1 aromatic heterocycles. The Labute approximate surface area is 66.3 Å². The van der Waals surface area contributed by atoms with Gasteiger partial charge in [0.05, 0.1) is 0 Å². The minimum absolute atomic E-state index is 0.130. The number of nitrogens with one attached hydrogen (secondary N) is 1. The summed E-state index contributed by atoms with van der Waals surface area (Å²) in [5.74, 6) is -0.130. The molecule has 1 heterocycles. The first-order valence-corrected chi connectivity index (χ1v) is 3.18. The third-order valence-electron chi connectivity index (χ3n) is 0.898. The smallest absolute Gasteiger partial charge is 0.177 e. The molecule has 0 aliphatic heterocycles. The van der Waals surface area contributed by atoms with Crippen LogP contribution in [0.4, 0.5) is 0 Å². The van der Waals surface area contributed by atoms with E-state index >= 15 is 0 Å². The Morgan fingerprint density at radius 2 is 1.64 bits per heavy atom. The van der Waals surface area contributed by atoms with Crippen LogP contribution in [-0.2, 0) is 4.79 Å². The Balaban J connectivity index is 0.000000183. The summed E-state index contributed by atoms with van der Waals surface area (Å²) in [4.78, 5) is 12.8. The molecule has 58 valence electrons. The van der Waals surface area contributed by atoms with Gasteiger partial charge in [-0.25, -0.2) is 0 Å². The van der Waals surface area contributed by atoms with Gasteiger partial charge in [-0.1, -0.05) is 13.2 Å². The third kappa shape index (κ3) is 6.31. The fourth-order valence-corrected chi connectivity index (χ4v) is 0.361. The van der Waals surface area contributed by atoms with E-state index in [1.165, 1.54) is 12.2 Å². The largest absolute Gasteiger partial charge is 0.368 e. The molecule has 0 aliphatic carbocycles. The van der Waals surface area contributed by atoms with Crippen LogP contribution in [0.25, 0.3) is 0 Å². The van der Waals surface area contributed by atoms with Crippen LogP contribution in [0.2, 0.25) is 0 Å². The number of carbonyl (C=O) groups is 1. The number of hydrogen-bond acceptors (Lipinski definition) is 1. The maximum atomic E-state index is 9.94. The highest BCUT2D eigenvalue weighted by molar-refractivity contribution is 5.98. The Hall–Kier alpha value is -1.57. The number of aromatic amines is 1. The van der Waals surface area contributed by atoms with Gasteiger partial charge >= 0.3 is 0 Å². The highest BCUT2D eigenvalue weighted by Crippen LogP contribution is 1.72. The fourth-order valence-electron chi connectivity index (χ4n) is 0.361. The lowest BCUT2D eigenvalue weighted by Crippen LogP contribution is -1.78. The standard InChI is InChI=1S/C5H6O.C4H5N/c1-3-5(6)4-2;1-2-4-5-3-1/h3-4H,1-2H2;1-5H. The zero-order chi connectivity index (χ0) is 8.53. The minimum Gasteiger partial charge on any atom is -0.368 e. The SMILES string of the molecule is C=CC(=O)C=C.c1cc[nH]c1. The van der Waals surface area contributed by atoms with Crippen molar-refractivity contribution < 1.29 is 4.79 Å². The number of H-pyrrole nitrogens is 1. The maximum Gasteiger partial charge on any atom is 0.177 e. The Morgan fingerprint density at radius 1 is 1.18 bits per heavy atom. The van der Waals surface area contributed by atoms with Gasteiger partial charge in [-0.3, -0.25) is 4.79 Å². The van der Waals surface area contributed by atoms with Gasteiger partial charge in [0.25, 0.3) is 0 Å². The van der Waals surface area contributed by atoms with Gasteiger partial charge in [0, 0.05) is 12.4 Å². The van der Waals surface area contributed by atoms with Crippen LogP contribution in [-0.4, -0.2) is 10.8 Å². The molecule has 0 unspecified atom stereocenters. The predicted molar refractivity (Wildman–Crippen MR) is 46.2 cm³/mol. The summed E-state index contributed by atoms with van der Waals surface area (Å²) in [6, 6.07) is 3.89. The molecule has 0 saturated carbocycles. The molecular weight excluding hydrogens is 138 g/mol. The van der Waals surface area contributed by atoms with Gasteiger partial charge < -0.3 is 4.98 Å². The van der Waals surface area contributed by atoms with Gasteiger partial charge in [-0.15, -0.1) is 0 Å². The van der Waals surface area contributed by atoms with Crippen molar-refractivity contribution in [3.8, 4) is 0 Å². The van der Waals surface area contributed by atoms with E-state index in [4.69, 9.17) is 0 Å². The van der Waals surface area contributed by atoms with Crippen molar-refractivity contribution in [3.63, 3.8) is 0 Å². The molecule has 1 aromatic rings. The number of carbonyl (C=O) groups excluding carboxylic acids is 1. The molecule has 0 aromatic carbocycles. The maximum absolute atomic E-state index is 9.94. The van der Waals surface area contributed by atoms with Gasteiger partial charge in [-0.05, 0) is 24.3 Å². The van der Waals surface area contributed by atoms with Gasteiger partial charge in [0.2, 0.25) is 0 Å². The van der Waals surface area contributed by atoms with E-state index in [1.54, 1.807) is 0 Å². The van der Waals surface area contributed by atoms with Crippen molar-refractivity contribution in [2.45, 2.75) is 0 Å². The molecular formula is C9H11NO. The van der Waals surface area contributed by atoms with E-state index in [9.17, 15) is 4.79 Å². The summed E-state index contributed by atoms with van der Waals surface area (Å²) in [7, 11) is 0. The summed E-state index contributed by atoms with van der Waals surface area (Å²) in [6.45, 7) is 6.42. The van der Waals surface area contributed by atoms with Crippen molar-refractivity contribution in [2.75, 3.05) is 0 Å². The highest BCUT2D eigenvalue weighted by atomic mass is 16.1. The molecule has 0 fully saturated rings. The second-order valence-electron chi connectivity index (χ2n) is 1.70. The molecule has 0 radical (unpaired) electrons. The highest BCUT2D eigenvalue weighted by Gasteiger charge is 1.75. The van der Waals surface area contributed by atoms with Crippen molar-refractivity contribution in [1.29, 1.82) is 0 Å². The Morgan fingerprint density at radius 3 is 1.73 bits per heavy atom. The van der Waals surface area contributed by atoms with Crippen LogP contribution in [0.15, 0.2) is 49.8 Å². The van der Waals surface area contributed by atoms with Crippen LogP contribution in [0, 0.1) is 0 Å². The Bertz CT molecular complexity index is 184. The molecule has 0 bridgehead atoms. The third-order valence-corrected chi connectivity index (χ3v) is 0.898. The lowest BCUT2D eigenvalue weighted by Gasteiger charge is -1.68. The lowest BCUT2D eigenvalue weighted by molar-refractivity contribution is -0.110. The first kappa shape index (κ1) is 9.43. The van der Waals surface area contributed by atoms with Crippen LogP contribution < -0.4 is 0 Å². The van der Waals surface area contributed by atoms with E-state index < -0.39 is 0 Å². The zero-order valence-corrected chi connectivity index (χ0v) is 6.29. The van der Waals surface area contributed by atoms with E-state index in [2.05, 4.69) is 18.1 Å². The second-order valence-corrected chi connectivity index (χ2v) is 1.70. The van der Waals surface area contributed by atoms with Gasteiger partial charge in [0.15, 0.2) is 5.78 Å². The van der Waals surface area contributed by atoms with E-state index in [-0.39, 0.29) is 5.78 Å². The van der Waals surface area contributed by atoms with Crippen molar-refractivity contribution in [3.05, 3.63) is 49.8 Å².